The summed E-state index contributed by atoms with van der Waals surface area (Å²) in [6.07, 6.45) is -0.0117. The zero-order chi connectivity index (χ0) is 26.7. The van der Waals surface area contributed by atoms with Crippen LogP contribution in [0.4, 0.5) is 17.1 Å². The Morgan fingerprint density at radius 3 is 2.51 bits per heavy atom. The predicted octanol–water partition coefficient (Wildman–Crippen LogP) is 4.88. The van der Waals surface area contributed by atoms with Gasteiger partial charge in [0.05, 0.1) is 31.9 Å². The molecule has 0 N–H and O–H groups in total. The molecular weight excluding hydrogens is 535 g/mol. The van der Waals surface area contributed by atoms with Crippen LogP contribution in [0.25, 0.3) is 4.85 Å². The molecule has 0 radical (unpaired) electrons. The summed E-state index contributed by atoms with van der Waals surface area (Å²) in [7, 11) is 0. The lowest BCUT2D eigenvalue weighted by Crippen LogP contribution is -2.44. The second-order valence-electron chi connectivity index (χ2n) is 9.19. The molecular formula is C26H26Cl2N4O4S. The average Bonchev–Trinajstić information content (AvgIpc) is 3.04. The van der Waals surface area contributed by atoms with Gasteiger partial charge in [-0.05, 0) is 62.0 Å². The molecule has 2 heterocycles. The summed E-state index contributed by atoms with van der Waals surface area (Å²) >= 11 is 18.4. The zero-order valence-electron chi connectivity index (χ0n) is 20.5. The van der Waals surface area contributed by atoms with E-state index in [2.05, 4.69) is 9.74 Å². The van der Waals surface area contributed by atoms with Gasteiger partial charge < -0.3 is 14.4 Å². The molecule has 0 atom stereocenters. The fourth-order valence-electron chi connectivity index (χ4n) is 4.34. The molecule has 0 bridgehead atoms. The highest BCUT2D eigenvalue weighted by atomic mass is 35.5. The van der Waals surface area contributed by atoms with Crippen molar-refractivity contribution in [3.05, 3.63) is 63.4 Å². The maximum atomic E-state index is 13.4. The Balaban J connectivity index is 1.51. The van der Waals surface area contributed by atoms with Crippen LogP contribution in [0.15, 0.2) is 36.4 Å². The number of ether oxygens (including phenoxy) is 2. The minimum Gasteiger partial charge on any atom is -0.464 e. The van der Waals surface area contributed by atoms with E-state index in [0.717, 1.165) is 13.1 Å². The number of nitrogens with zero attached hydrogens (tertiary/aromatic N) is 4. The number of hydrogen-bond acceptors (Lipinski definition) is 6. The Kier molecular flexibility index (Phi) is 8.36. The first-order chi connectivity index (χ1) is 17.6. The highest BCUT2D eigenvalue weighted by Crippen LogP contribution is 2.39. The van der Waals surface area contributed by atoms with Gasteiger partial charge in [-0.25, -0.2) is 4.85 Å². The van der Waals surface area contributed by atoms with Crippen molar-refractivity contribution in [1.82, 2.24) is 4.90 Å². The summed E-state index contributed by atoms with van der Waals surface area (Å²) in [4.78, 5) is 34.7. The first kappa shape index (κ1) is 27.3. The highest BCUT2D eigenvalue weighted by Gasteiger charge is 2.50. The van der Waals surface area contributed by atoms with E-state index in [4.69, 9.17) is 51.5 Å². The highest BCUT2D eigenvalue weighted by molar-refractivity contribution is 7.81. The van der Waals surface area contributed by atoms with Gasteiger partial charge in [-0.3, -0.25) is 19.4 Å². The van der Waals surface area contributed by atoms with E-state index in [-0.39, 0.29) is 35.0 Å². The molecule has 0 aromatic heterocycles. The maximum absolute atomic E-state index is 13.4. The van der Waals surface area contributed by atoms with E-state index in [9.17, 15) is 9.59 Å². The van der Waals surface area contributed by atoms with Crippen LogP contribution in [0, 0.1) is 6.57 Å². The maximum Gasteiger partial charge on any atom is 0.310 e. The van der Waals surface area contributed by atoms with E-state index >= 15 is 0 Å². The van der Waals surface area contributed by atoms with Crippen molar-refractivity contribution >= 4 is 69.5 Å². The van der Waals surface area contributed by atoms with Gasteiger partial charge in [-0.2, -0.15) is 0 Å². The first-order valence-electron chi connectivity index (χ1n) is 11.7. The van der Waals surface area contributed by atoms with Gasteiger partial charge in [0.25, 0.3) is 5.91 Å². The van der Waals surface area contributed by atoms with Crippen LogP contribution in [-0.4, -0.2) is 66.9 Å². The standard InChI is InChI=1S/C26H26Cl2N4O4S/c1-26(2)24(34)31(18-5-7-22(29-3)21(28)16-18)25(37)32(26)19-4-6-20(27)17(14-19)15-23(33)36-13-10-30-8-11-35-12-9-30/h4-7,14,16H,8-13,15H2,1-2H3. The minimum absolute atomic E-state index is 0.0117. The number of rotatable bonds is 7. The Morgan fingerprint density at radius 1 is 1.14 bits per heavy atom. The van der Waals surface area contributed by atoms with Gasteiger partial charge in [0, 0.05) is 35.4 Å². The molecule has 37 heavy (non-hydrogen) atoms. The summed E-state index contributed by atoms with van der Waals surface area (Å²) in [5.41, 5.74) is 0.935. The van der Waals surface area contributed by atoms with Crippen LogP contribution in [0.5, 0.6) is 0 Å². The van der Waals surface area contributed by atoms with Crippen LogP contribution in [0.3, 0.4) is 0 Å². The molecule has 0 saturated carbocycles. The molecule has 8 nitrogen and oxygen atoms in total. The molecule has 0 aliphatic carbocycles. The lowest BCUT2D eigenvalue weighted by molar-refractivity contribution is -0.143. The largest absolute Gasteiger partial charge is 0.464 e. The van der Waals surface area contributed by atoms with Crippen molar-refractivity contribution in [3.63, 3.8) is 0 Å². The van der Waals surface area contributed by atoms with Crippen molar-refractivity contribution < 1.29 is 19.1 Å². The third-order valence-electron chi connectivity index (χ3n) is 6.37. The topological polar surface area (TPSA) is 66.7 Å². The van der Waals surface area contributed by atoms with Crippen molar-refractivity contribution in [2.75, 3.05) is 49.3 Å². The molecule has 0 spiro atoms. The number of thiocarbonyl (C=S) groups is 1. The number of morpholine rings is 1. The van der Waals surface area contributed by atoms with Crippen LogP contribution in [-0.2, 0) is 25.5 Å². The molecule has 4 rings (SSSR count). The van der Waals surface area contributed by atoms with Gasteiger partial charge in [0.2, 0.25) is 5.69 Å². The minimum atomic E-state index is -1.02. The molecule has 2 aromatic rings. The van der Waals surface area contributed by atoms with Gasteiger partial charge in [0.15, 0.2) is 5.11 Å². The normalized spacial score (nSPS) is 17.7. The quantitative estimate of drug-likeness (QED) is 0.271. The number of esters is 1. The molecule has 2 aliphatic heterocycles. The fraction of sp³-hybridized carbons (Fsp3) is 0.385. The van der Waals surface area contributed by atoms with Crippen LogP contribution in [0.2, 0.25) is 10.0 Å². The van der Waals surface area contributed by atoms with Crippen LogP contribution < -0.4 is 9.80 Å². The Labute approximate surface area is 231 Å². The summed E-state index contributed by atoms with van der Waals surface area (Å²) in [6, 6.07) is 9.95. The van der Waals surface area contributed by atoms with Crippen LogP contribution in [0.1, 0.15) is 19.4 Å². The summed E-state index contributed by atoms with van der Waals surface area (Å²) in [6.45, 7) is 14.7. The summed E-state index contributed by atoms with van der Waals surface area (Å²) < 4.78 is 10.8. The van der Waals surface area contributed by atoms with Crippen molar-refractivity contribution in [3.8, 4) is 0 Å². The van der Waals surface area contributed by atoms with Gasteiger partial charge in [-0.15, -0.1) is 0 Å². The monoisotopic (exact) mass is 560 g/mol. The second kappa shape index (κ2) is 11.3. The fourth-order valence-corrected chi connectivity index (χ4v) is 5.26. The Morgan fingerprint density at radius 2 is 1.84 bits per heavy atom. The molecule has 1 amide bonds. The van der Waals surface area contributed by atoms with Gasteiger partial charge >= 0.3 is 5.97 Å². The Bertz CT molecular complexity index is 1270. The number of amides is 1. The Hall–Kier alpha value is -2.74. The molecule has 2 aromatic carbocycles. The van der Waals surface area contributed by atoms with E-state index < -0.39 is 5.54 Å². The molecule has 0 unspecified atom stereocenters. The van der Waals surface area contributed by atoms with Crippen LogP contribution >= 0.6 is 35.4 Å². The number of carbonyl (C=O) groups excluding carboxylic acids is 2. The molecule has 2 fully saturated rings. The molecule has 194 valence electrons. The molecule has 11 heteroatoms. The first-order valence-corrected chi connectivity index (χ1v) is 12.9. The van der Waals surface area contributed by atoms with Crippen molar-refractivity contribution in [2.24, 2.45) is 0 Å². The summed E-state index contributed by atoms with van der Waals surface area (Å²) in [5.74, 6) is -0.633. The lowest BCUT2D eigenvalue weighted by atomic mass is 10.0. The average molecular weight is 561 g/mol. The van der Waals surface area contributed by atoms with Crippen molar-refractivity contribution in [1.29, 1.82) is 0 Å². The van der Waals surface area contributed by atoms with E-state index in [1.54, 1.807) is 55.1 Å². The number of hydrogen-bond donors (Lipinski definition) is 0. The van der Waals surface area contributed by atoms with Crippen molar-refractivity contribution in [2.45, 2.75) is 25.8 Å². The number of benzene rings is 2. The number of carbonyl (C=O) groups is 2. The van der Waals surface area contributed by atoms with Gasteiger partial charge in [-0.1, -0.05) is 29.3 Å². The smallest absolute Gasteiger partial charge is 0.310 e. The van der Waals surface area contributed by atoms with E-state index in [1.807, 2.05) is 0 Å². The van der Waals surface area contributed by atoms with E-state index in [1.165, 1.54) is 4.90 Å². The third kappa shape index (κ3) is 5.74. The molecule has 2 saturated heterocycles. The molecule has 2 aliphatic rings. The number of anilines is 2. The van der Waals surface area contributed by atoms with Gasteiger partial charge in [0.1, 0.15) is 12.1 Å². The van der Waals surface area contributed by atoms with E-state index in [0.29, 0.717) is 47.4 Å². The predicted molar refractivity (Wildman–Crippen MR) is 148 cm³/mol. The third-order valence-corrected chi connectivity index (χ3v) is 7.41. The number of halogens is 2. The second-order valence-corrected chi connectivity index (χ2v) is 10.4. The summed E-state index contributed by atoms with van der Waals surface area (Å²) in [5, 5.41) is 0.907. The zero-order valence-corrected chi connectivity index (χ0v) is 22.8. The lowest BCUT2D eigenvalue weighted by Gasteiger charge is -2.30. The SMILES string of the molecule is [C-]#[N+]c1ccc(N2C(=O)C(C)(C)N(c3ccc(Cl)c(CC(=O)OCCN4CCOCC4)c3)C2=S)cc1Cl.